The highest BCUT2D eigenvalue weighted by Crippen LogP contribution is 2.32. The van der Waals surface area contributed by atoms with Gasteiger partial charge in [0.2, 0.25) is 0 Å². The molecule has 0 spiro atoms. The van der Waals surface area contributed by atoms with Gasteiger partial charge in [-0.2, -0.15) is 0 Å². The number of carbonyl (C=O) groups excluding carboxylic acids is 1. The molecule has 1 amide bonds. The molecule has 146 valence electrons. The Kier molecular flexibility index (Phi) is 5.63. The second-order valence-corrected chi connectivity index (χ2v) is 7.29. The van der Waals surface area contributed by atoms with Gasteiger partial charge in [0.1, 0.15) is 11.5 Å². The normalized spacial score (nSPS) is 12.2. The second-order valence-electron chi connectivity index (χ2n) is 6.50. The van der Waals surface area contributed by atoms with Crippen molar-refractivity contribution in [2.24, 2.45) is 7.05 Å². The van der Waals surface area contributed by atoms with Crippen LogP contribution in [0.1, 0.15) is 34.6 Å². The molecule has 0 bridgehead atoms. The number of fused-ring (bicyclic) bond motifs is 1. The van der Waals surface area contributed by atoms with Crippen LogP contribution in [0.4, 0.5) is 4.39 Å². The van der Waals surface area contributed by atoms with Gasteiger partial charge in [-0.05, 0) is 36.8 Å². The number of halogens is 3. The smallest absolute Gasteiger partial charge is 0.307 e. The van der Waals surface area contributed by atoms with E-state index < -0.39 is 23.7 Å². The largest absolute Gasteiger partial charge is 0.481 e. The number of aliphatic carboxylic acids is 1. The van der Waals surface area contributed by atoms with Crippen LogP contribution in [0.5, 0.6) is 0 Å². The Labute approximate surface area is 170 Å². The summed E-state index contributed by atoms with van der Waals surface area (Å²) in [5, 5.41) is 13.0. The third kappa shape index (κ3) is 3.84. The van der Waals surface area contributed by atoms with Gasteiger partial charge in [0, 0.05) is 23.5 Å². The fourth-order valence-corrected chi connectivity index (χ4v) is 3.50. The van der Waals surface area contributed by atoms with Gasteiger partial charge in [-0.1, -0.05) is 35.3 Å². The number of hydrogen-bond acceptors (Lipinski definition) is 2. The lowest BCUT2D eigenvalue weighted by molar-refractivity contribution is -0.136. The quantitative estimate of drug-likeness (QED) is 0.623. The van der Waals surface area contributed by atoms with Crippen LogP contribution in [0.3, 0.4) is 0 Å². The zero-order chi connectivity index (χ0) is 20.6. The molecule has 2 aromatic carbocycles. The Morgan fingerprint density at radius 2 is 1.93 bits per heavy atom. The van der Waals surface area contributed by atoms with E-state index in [1.807, 2.05) is 0 Å². The molecule has 1 aromatic heterocycles. The maximum absolute atomic E-state index is 14.4. The Hall–Kier alpha value is -2.57. The number of hydrogen-bond donors (Lipinski definition) is 2. The number of aryl methyl sites for hydroxylation is 1. The van der Waals surface area contributed by atoms with Crippen molar-refractivity contribution < 1.29 is 19.1 Å². The third-order valence-corrected chi connectivity index (χ3v) is 5.40. The number of carboxylic acids is 1. The number of amides is 1. The summed E-state index contributed by atoms with van der Waals surface area (Å²) in [5.41, 5.74) is 1.72. The molecule has 0 aliphatic heterocycles. The Balaban J connectivity index is 1.85. The maximum Gasteiger partial charge on any atom is 0.307 e. The van der Waals surface area contributed by atoms with Crippen LogP contribution < -0.4 is 5.32 Å². The van der Waals surface area contributed by atoms with Crippen molar-refractivity contribution in [1.82, 2.24) is 9.88 Å². The highest BCUT2D eigenvalue weighted by Gasteiger charge is 2.20. The first-order valence-corrected chi connectivity index (χ1v) is 9.19. The monoisotopic (exact) mass is 422 g/mol. The lowest BCUT2D eigenvalue weighted by Gasteiger charge is -2.16. The average Bonchev–Trinajstić information content (AvgIpc) is 2.95. The summed E-state index contributed by atoms with van der Waals surface area (Å²) in [6.07, 6.45) is -0.267. The maximum atomic E-state index is 14.4. The van der Waals surface area contributed by atoms with Gasteiger partial charge < -0.3 is 15.0 Å². The van der Waals surface area contributed by atoms with E-state index in [-0.39, 0.29) is 12.0 Å². The second kappa shape index (κ2) is 7.81. The third-order valence-electron chi connectivity index (χ3n) is 4.58. The highest BCUT2D eigenvalue weighted by atomic mass is 35.5. The zero-order valence-electron chi connectivity index (χ0n) is 15.1. The summed E-state index contributed by atoms with van der Waals surface area (Å²) in [5.74, 6) is -2.01. The summed E-state index contributed by atoms with van der Waals surface area (Å²) < 4.78 is 16.1. The molecule has 2 N–H and O–H groups in total. The molecule has 0 radical (unpaired) electrons. The van der Waals surface area contributed by atoms with Gasteiger partial charge in [0.05, 0.1) is 22.5 Å². The first-order chi connectivity index (χ1) is 13.2. The van der Waals surface area contributed by atoms with Crippen molar-refractivity contribution in [1.29, 1.82) is 0 Å². The Morgan fingerprint density at radius 1 is 1.21 bits per heavy atom. The molecule has 1 unspecified atom stereocenters. The van der Waals surface area contributed by atoms with Gasteiger partial charge in [0.25, 0.3) is 5.91 Å². The fourth-order valence-electron chi connectivity index (χ4n) is 3.12. The molecule has 0 saturated heterocycles. The van der Waals surface area contributed by atoms with Crippen LogP contribution in [0.2, 0.25) is 10.0 Å². The Morgan fingerprint density at radius 3 is 2.57 bits per heavy atom. The SMILES string of the molecule is CC(NC(=O)c1cc2c(Cl)c(Cl)ccc2n1C)c1ccc(CC(=O)O)cc1F. The first-order valence-electron chi connectivity index (χ1n) is 8.43. The van der Waals surface area contributed by atoms with E-state index in [2.05, 4.69) is 5.32 Å². The van der Waals surface area contributed by atoms with Crippen molar-refractivity contribution >= 4 is 46.0 Å². The molecule has 28 heavy (non-hydrogen) atoms. The summed E-state index contributed by atoms with van der Waals surface area (Å²) in [6, 6.07) is 8.63. The molecular formula is C20H17Cl2FN2O3. The van der Waals surface area contributed by atoms with Crippen molar-refractivity contribution in [3.8, 4) is 0 Å². The molecule has 1 heterocycles. The van der Waals surface area contributed by atoms with Gasteiger partial charge in [-0.3, -0.25) is 9.59 Å². The van der Waals surface area contributed by atoms with Crippen molar-refractivity contribution in [3.63, 3.8) is 0 Å². The van der Waals surface area contributed by atoms with Crippen LogP contribution in [-0.4, -0.2) is 21.6 Å². The standard InChI is InChI=1S/C20H17Cl2FN2O3/c1-10(12-4-3-11(7-15(12)23)8-18(26)27)24-20(28)17-9-13-16(25(17)2)6-5-14(21)19(13)22/h3-7,9-10H,8H2,1-2H3,(H,24,28)(H,26,27). The predicted molar refractivity (Wildman–Crippen MR) is 107 cm³/mol. The molecule has 0 aliphatic carbocycles. The summed E-state index contributed by atoms with van der Waals surface area (Å²) in [6.45, 7) is 1.65. The van der Waals surface area contributed by atoms with Gasteiger partial charge >= 0.3 is 5.97 Å². The van der Waals surface area contributed by atoms with E-state index in [9.17, 15) is 14.0 Å². The minimum Gasteiger partial charge on any atom is -0.481 e. The zero-order valence-corrected chi connectivity index (χ0v) is 16.6. The first kappa shape index (κ1) is 20.2. The predicted octanol–water partition coefficient (Wildman–Crippen LogP) is 4.74. The fraction of sp³-hybridized carbons (Fsp3) is 0.200. The van der Waals surface area contributed by atoms with E-state index in [0.717, 1.165) is 5.52 Å². The van der Waals surface area contributed by atoms with Gasteiger partial charge in [-0.15, -0.1) is 0 Å². The minimum absolute atomic E-state index is 0.266. The van der Waals surface area contributed by atoms with Crippen molar-refractivity contribution in [2.45, 2.75) is 19.4 Å². The van der Waals surface area contributed by atoms with Gasteiger partial charge in [-0.25, -0.2) is 4.39 Å². The summed E-state index contributed by atoms with van der Waals surface area (Å²) in [4.78, 5) is 23.5. The number of aromatic nitrogens is 1. The number of nitrogens with zero attached hydrogens (tertiary/aromatic N) is 1. The summed E-state index contributed by atoms with van der Waals surface area (Å²) >= 11 is 12.3. The van der Waals surface area contributed by atoms with Crippen molar-refractivity contribution in [2.75, 3.05) is 0 Å². The molecular weight excluding hydrogens is 406 g/mol. The van der Waals surface area contributed by atoms with Crippen LogP contribution in [0, 0.1) is 5.82 Å². The number of rotatable bonds is 5. The van der Waals surface area contributed by atoms with E-state index in [1.54, 1.807) is 36.7 Å². The van der Waals surface area contributed by atoms with E-state index >= 15 is 0 Å². The van der Waals surface area contributed by atoms with E-state index in [0.29, 0.717) is 26.7 Å². The summed E-state index contributed by atoms with van der Waals surface area (Å²) in [7, 11) is 1.73. The number of carboxylic acid groups (broad SMARTS) is 1. The van der Waals surface area contributed by atoms with Crippen LogP contribution in [0.25, 0.3) is 10.9 Å². The molecule has 0 fully saturated rings. The number of nitrogens with one attached hydrogen (secondary N) is 1. The van der Waals surface area contributed by atoms with E-state index in [4.69, 9.17) is 28.3 Å². The Bertz CT molecular complexity index is 1090. The number of carbonyl (C=O) groups is 2. The molecule has 1 atom stereocenters. The van der Waals surface area contributed by atoms with Crippen LogP contribution >= 0.6 is 23.2 Å². The molecule has 5 nitrogen and oxygen atoms in total. The highest BCUT2D eigenvalue weighted by molar-refractivity contribution is 6.45. The number of benzene rings is 2. The van der Waals surface area contributed by atoms with Gasteiger partial charge in [0.15, 0.2) is 0 Å². The van der Waals surface area contributed by atoms with Crippen LogP contribution in [-0.2, 0) is 18.3 Å². The van der Waals surface area contributed by atoms with Crippen molar-refractivity contribution in [3.05, 3.63) is 69.1 Å². The molecule has 0 aliphatic rings. The molecule has 3 aromatic rings. The lowest BCUT2D eigenvalue weighted by Crippen LogP contribution is -2.28. The van der Waals surface area contributed by atoms with E-state index in [1.165, 1.54) is 18.2 Å². The topological polar surface area (TPSA) is 71.3 Å². The molecule has 3 rings (SSSR count). The molecule has 8 heteroatoms. The minimum atomic E-state index is -1.04. The van der Waals surface area contributed by atoms with Crippen LogP contribution in [0.15, 0.2) is 36.4 Å². The lowest BCUT2D eigenvalue weighted by atomic mass is 10.0. The average molecular weight is 423 g/mol. The molecule has 0 saturated carbocycles.